The van der Waals surface area contributed by atoms with Crippen LogP contribution >= 0.6 is 0 Å². The number of benzene rings is 9. The molecule has 0 bridgehead atoms. The Balaban J connectivity index is 0.943. The summed E-state index contributed by atoms with van der Waals surface area (Å²) in [5, 5.41) is 3.30. The lowest BCUT2D eigenvalue weighted by Crippen LogP contribution is -1.97. The summed E-state index contributed by atoms with van der Waals surface area (Å²) in [6.45, 7) is 0. The molecule has 6 nitrogen and oxygen atoms in total. The molecule has 13 rings (SSSR count). The van der Waals surface area contributed by atoms with Gasteiger partial charge in [0.25, 0.3) is 0 Å². The van der Waals surface area contributed by atoms with Gasteiger partial charge in [0.05, 0.1) is 22.4 Å². The molecule has 0 radical (unpaired) electrons. The van der Waals surface area contributed by atoms with Crippen molar-refractivity contribution in [3.63, 3.8) is 0 Å². The van der Waals surface area contributed by atoms with Crippen LogP contribution < -0.4 is 0 Å². The molecule has 0 aliphatic rings. The van der Waals surface area contributed by atoms with E-state index in [-0.39, 0.29) is 0 Å². The van der Waals surface area contributed by atoms with Gasteiger partial charge in [0, 0.05) is 49.7 Å². The Bertz CT molecular complexity index is 3910. The highest BCUT2D eigenvalue weighted by molar-refractivity contribution is 6.12. The molecule has 0 amide bonds. The van der Waals surface area contributed by atoms with Crippen LogP contribution in [0.2, 0.25) is 0 Å². The van der Waals surface area contributed by atoms with E-state index >= 15 is 0 Å². The van der Waals surface area contributed by atoms with Crippen molar-refractivity contribution in [3.05, 3.63) is 237 Å². The molecule has 0 aliphatic carbocycles. The third-order valence-electron chi connectivity index (χ3n) is 12.8. The topological polar surface area (TPSA) is 69.6 Å². The lowest BCUT2D eigenvalue weighted by molar-refractivity contribution is 0.667. The van der Waals surface area contributed by atoms with E-state index in [1.54, 1.807) is 0 Å². The Kier molecular flexibility index (Phi) is 9.39. The fourth-order valence-corrected chi connectivity index (χ4v) is 9.51. The van der Waals surface area contributed by atoms with E-state index in [9.17, 15) is 0 Å². The van der Waals surface area contributed by atoms with E-state index in [1.165, 1.54) is 10.8 Å². The first-order valence-corrected chi connectivity index (χ1v) is 22.8. The molecule has 318 valence electrons. The second-order valence-electron chi connectivity index (χ2n) is 17.0. The van der Waals surface area contributed by atoms with Gasteiger partial charge >= 0.3 is 0 Å². The van der Waals surface area contributed by atoms with Gasteiger partial charge in [-0.1, -0.05) is 182 Å². The van der Waals surface area contributed by atoms with Gasteiger partial charge in [-0.25, -0.2) is 19.9 Å². The molecule has 68 heavy (non-hydrogen) atoms. The molecule has 9 aromatic carbocycles. The minimum Gasteiger partial charge on any atom is -0.452 e. The number of para-hydroxylation sites is 3. The SMILES string of the molecule is c1ccc(-c2cccc(-c3cc(-c4cccc(-c5ccccc5)c4)nc(-c4ccc(-c5nc(-c6ccc7c8ccccc8n(-c8ccccc8)c7c6)c6oc7ccccc7c6n5)cc4)n3)c2)cc1. The molecule has 0 N–H and O–H groups in total. The molecule has 0 unspecified atom stereocenters. The molecular formula is C62H39N5O. The first-order valence-electron chi connectivity index (χ1n) is 22.8. The van der Waals surface area contributed by atoms with Gasteiger partial charge in [-0.05, 0) is 76.9 Å². The van der Waals surface area contributed by atoms with Crippen molar-refractivity contribution in [2.24, 2.45) is 0 Å². The number of aromatic nitrogens is 5. The van der Waals surface area contributed by atoms with E-state index in [0.717, 1.165) is 100 Å². The maximum atomic E-state index is 6.60. The van der Waals surface area contributed by atoms with Crippen LogP contribution in [-0.2, 0) is 0 Å². The van der Waals surface area contributed by atoms with Crippen LogP contribution in [0.1, 0.15) is 0 Å². The zero-order chi connectivity index (χ0) is 45.0. The highest BCUT2D eigenvalue weighted by atomic mass is 16.3. The zero-order valence-electron chi connectivity index (χ0n) is 36.7. The normalized spacial score (nSPS) is 11.5. The number of hydrogen-bond donors (Lipinski definition) is 0. The van der Waals surface area contributed by atoms with E-state index in [1.807, 2.05) is 30.3 Å². The Morgan fingerprint density at radius 3 is 1.46 bits per heavy atom. The van der Waals surface area contributed by atoms with Gasteiger partial charge in [0.2, 0.25) is 0 Å². The van der Waals surface area contributed by atoms with Crippen molar-refractivity contribution < 1.29 is 4.42 Å². The van der Waals surface area contributed by atoms with Gasteiger partial charge in [-0.2, -0.15) is 0 Å². The number of rotatable bonds is 8. The maximum Gasteiger partial charge on any atom is 0.180 e. The van der Waals surface area contributed by atoms with E-state index < -0.39 is 0 Å². The third kappa shape index (κ3) is 6.91. The molecule has 4 aromatic heterocycles. The Morgan fingerprint density at radius 2 is 0.809 bits per heavy atom. The van der Waals surface area contributed by atoms with Crippen molar-refractivity contribution in [2.75, 3.05) is 0 Å². The van der Waals surface area contributed by atoms with E-state index in [4.69, 9.17) is 24.4 Å². The Hall–Kier alpha value is -9.26. The monoisotopic (exact) mass is 869 g/mol. The summed E-state index contributed by atoms with van der Waals surface area (Å²) in [4.78, 5) is 21.1. The summed E-state index contributed by atoms with van der Waals surface area (Å²) in [6.07, 6.45) is 0. The molecule has 0 fully saturated rings. The van der Waals surface area contributed by atoms with Crippen LogP contribution in [0.4, 0.5) is 0 Å². The van der Waals surface area contributed by atoms with Crippen LogP contribution in [0.15, 0.2) is 241 Å². The molecule has 4 heterocycles. The molecule has 0 atom stereocenters. The highest BCUT2D eigenvalue weighted by Gasteiger charge is 2.21. The first-order chi connectivity index (χ1) is 33.7. The number of hydrogen-bond acceptors (Lipinski definition) is 5. The summed E-state index contributed by atoms with van der Waals surface area (Å²) in [7, 11) is 0. The number of nitrogens with zero attached hydrogens (tertiary/aromatic N) is 5. The summed E-state index contributed by atoms with van der Waals surface area (Å²) in [6, 6.07) is 82.2. The summed E-state index contributed by atoms with van der Waals surface area (Å²) in [5.74, 6) is 1.22. The minimum absolute atomic E-state index is 0.597. The highest BCUT2D eigenvalue weighted by Crippen LogP contribution is 2.40. The van der Waals surface area contributed by atoms with E-state index in [2.05, 4.69) is 211 Å². The average molecular weight is 870 g/mol. The van der Waals surface area contributed by atoms with Gasteiger partial charge in [0.15, 0.2) is 17.2 Å². The standard InChI is InChI=1S/C62H39N5O/c1-4-16-40(17-5-1)44-20-14-22-46(36-44)53-39-54(47-23-15-21-45(37-47)41-18-6-2-7-19-41)64-61(63-53)42-30-32-43(33-31-42)62-65-58(60-59(66-62)52-27-11-13-29-57(52)68-60)48-34-35-51-50-26-10-12-28-55(50)67(56(51)38-48)49-24-8-3-9-25-49/h1-39H. The fourth-order valence-electron chi connectivity index (χ4n) is 9.51. The second-order valence-corrected chi connectivity index (χ2v) is 17.0. The molecule has 13 aromatic rings. The zero-order valence-corrected chi connectivity index (χ0v) is 36.7. The maximum absolute atomic E-state index is 6.60. The van der Waals surface area contributed by atoms with E-state index in [0.29, 0.717) is 17.2 Å². The first kappa shape index (κ1) is 39.1. The van der Waals surface area contributed by atoms with Gasteiger partial charge in [-0.15, -0.1) is 0 Å². The fraction of sp³-hybridized carbons (Fsp3) is 0. The summed E-state index contributed by atoms with van der Waals surface area (Å²) in [5.41, 5.74) is 17.2. The van der Waals surface area contributed by atoms with Crippen molar-refractivity contribution in [2.45, 2.75) is 0 Å². The van der Waals surface area contributed by atoms with Crippen LogP contribution in [0.25, 0.3) is 128 Å². The largest absolute Gasteiger partial charge is 0.452 e. The molecule has 0 aliphatic heterocycles. The molecule has 0 spiro atoms. The Morgan fingerprint density at radius 1 is 0.309 bits per heavy atom. The van der Waals surface area contributed by atoms with Crippen LogP contribution in [-0.4, -0.2) is 24.5 Å². The molecule has 0 saturated heterocycles. The van der Waals surface area contributed by atoms with Crippen molar-refractivity contribution in [1.29, 1.82) is 0 Å². The molecule has 6 heteroatoms. The lowest BCUT2D eigenvalue weighted by atomic mass is 9.99. The summed E-state index contributed by atoms with van der Waals surface area (Å²) >= 11 is 0. The number of fused-ring (bicyclic) bond motifs is 6. The molecule has 0 saturated carbocycles. The lowest BCUT2D eigenvalue weighted by Gasteiger charge is -2.12. The smallest absolute Gasteiger partial charge is 0.180 e. The van der Waals surface area contributed by atoms with Crippen LogP contribution in [0.5, 0.6) is 0 Å². The predicted molar refractivity (Wildman–Crippen MR) is 277 cm³/mol. The summed E-state index contributed by atoms with van der Waals surface area (Å²) < 4.78 is 8.93. The van der Waals surface area contributed by atoms with Gasteiger partial charge in [0.1, 0.15) is 16.8 Å². The number of furan rings is 1. The Labute approximate surface area is 392 Å². The van der Waals surface area contributed by atoms with Crippen molar-refractivity contribution in [3.8, 4) is 84.5 Å². The third-order valence-corrected chi connectivity index (χ3v) is 12.8. The predicted octanol–water partition coefficient (Wildman–Crippen LogP) is 15.9. The van der Waals surface area contributed by atoms with Crippen LogP contribution in [0.3, 0.4) is 0 Å². The van der Waals surface area contributed by atoms with Crippen molar-refractivity contribution >= 4 is 43.9 Å². The average Bonchev–Trinajstić information content (AvgIpc) is 3.97. The van der Waals surface area contributed by atoms with Gasteiger partial charge in [-0.3, -0.25) is 0 Å². The van der Waals surface area contributed by atoms with Crippen molar-refractivity contribution in [1.82, 2.24) is 24.5 Å². The van der Waals surface area contributed by atoms with Gasteiger partial charge < -0.3 is 8.98 Å². The molecular weight excluding hydrogens is 831 g/mol. The minimum atomic E-state index is 0.597. The quantitative estimate of drug-likeness (QED) is 0.152. The second kappa shape index (κ2) is 16.3. The van der Waals surface area contributed by atoms with Crippen LogP contribution in [0, 0.1) is 0 Å².